The van der Waals surface area contributed by atoms with Crippen molar-refractivity contribution in [3.05, 3.63) is 11.8 Å². The van der Waals surface area contributed by atoms with Gasteiger partial charge in [0.25, 0.3) is 0 Å². The molecular formula is C6H9ClO2. The Labute approximate surface area is 59.1 Å². The first-order valence-electron chi connectivity index (χ1n) is 2.80. The summed E-state index contributed by atoms with van der Waals surface area (Å²) < 4.78 is 4.98. The van der Waals surface area contributed by atoms with E-state index in [4.69, 9.17) is 21.4 Å². The molecule has 0 aliphatic carbocycles. The molecule has 0 aromatic rings. The molecule has 1 atom stereocenters. The molecule has 0 aromatic heterocycles. The normalized spacial score (nSPS) is 33.9. The first kappa shape index (κ1) is 6.90. The minimum Gasteiger partial charge on any atom is -0.466 e. The van der Waals surface area contributed by atoms with Gasteiger partial charge in [-0.1, -0.05) is 0 Å². The molecule has 1 N–H and O–H groups in total. The van der Waals surface area contributed by atoms with E-state index < -0.39 is 5.79 Å². The maximum Gasteiger partial charge on any atom is 0.208 e. The van der Waals surface area contributed by atoms with Crippen LogP contribution < -0.4 is 0 Å². The zero-order valence-electron chi connectivity index (χ0n) is 5.22. The number of halogens is 1. The van der Waals surface area contributed by atoms with E-state index in [0.717, 1.165) is 0 Å². The summed E-state index contributed by atoms with van der Waals surface area (Å²) in [4.78, 5) is 0. The van der Waals surface area contributed by atoms with Crippen LogP contribution in [0.5, 0.6) is 0 Å². The molecule has 52 valence electrons. The summed E-state index contributed by atoms with van der Waals surface area (Å²) in [6, 6.07) is 0. The lowest BCUT2D eigenvalue weighted by molar-refractivity contribution is -0.143. The van der Waals surface area contributed by atoms with E-state index in [-0.39, 0.29) is 0 Å². The summed E-state index contributed by atoms with van der Waals surface area (Å²) in [7, 11) is 0. The predicted molar refractivity (Wildman–Crippen MR) is 35.1 cm³/mol. The van der Waals surface area contributed by atoms with Crippen LogP contribution in [0.15, 0.2) is 11.8 Å². The Morgan fingerprint density at radius 2 is 2.67 bits per heavy atom. The molecule has 1 aliphatic heterocycles. The maximum atomic E-state index is 9.16. The standard InChI is InChI=1S/C6H9ClO2/c1-6(8)3-2-5(4-7)9-6/h2,8H,3-4H2,1H3. The quantitative estimate of drug-likeness (QED) is 0.567. The summed E-state index contributed by atoms with van der Waals surface area (Å²) in [6.45, 7) is 1.61. The summed E-state index contributed by atoms with van der Waals surface area (Å²) >= 11 is 5.43. The van der Waals surface area contributed by atoms with Gasteiger partial charge in [-0.2, -0.15) is 0 Å². The van der Waals surface area contributed by atoms with Gasteiger partial charge >= 0.3 is 0 Å². The second-order valence-electron chi connectivity index (χ2n) is 2.29. The first-order valence-corrected chi connectivity index (χ1v) is 3.34. The third-order valence-corrected chi connectivity index (χ3v) is 1.45. The van der Waals surface area contributed by atoms with Crippen molar-refractivity contribution < 1.29 is 9.84 Å². The fraction of sp³-hybridized carbons (Fsp3) is 0.667. The molecule has 0 aromatic carbocycles. The smallest absolute Gasteiger partial charge is 0.208 e. The molecule has 2 nitrogen and oxygen atoms in total. The molecule has 0 fully saturated rings. The topological polar surface area (TPSA) is 29.5 Å². The fourth-order valence-electron chi connectivity index (χ4n) is 0.751. The first-order chi connectivity index (χ1) is 4.14. The molecule has 0 amide bonds. The maximum absolute atomic E-state index is 9.16. The summed E-state index contributed by atoms with van der Waals surface area (Å²) in [5.41, 5.74) is 0. The van der Waals surface area contributed by atoms with Crippen molar-refractivity contribution in [1.82, 2.24) is 0 Å². The highest BCUT2D eigenvalue weighted by Crippen LogP contribution is 2.25. The molecule has 0 saturated heterocycles. The third-order valence-electron chi connectivity index (χ3n) is 1.19. The second-order valence-corrected chi connectivity index (χ2v) is 2.55. The van der Waals surface area contributed by atoms with Gasteiger partial charge in [-0.15, -0.1) is 11.6 Å². The van der Waals surface area contributed by atoms with Gasteiger partial charge < -0.3 is 9.84 Å². The van der Waals surface area contributed by atoms with Gasteiger partial charge in [0.1, 0.15) is 5.76 Å². The molecule has 0 saturated carbocycles. The van der Waals surface area contributed by atoms with Gasteiger partial charge in [-0.3, -0.25) is 0 Å². The van der Waals surface area contributed by atoms with Gasteiger partial charge in [-0.25, -0.2) is 0 Å². The monoisotopic (exact) mass is 148 g/mol. The Kier molecular flexibility index (Phi) is 1.68. The van der Waals surface area contributed by atoms with E-state index in [1.807, 2.05) is 0 Å². The summed E-state index contributed by atoms with van der Waals surface area (Å²) in [5, 5.41) is 9.16. The molecule has 0 radical (unpaired) electrons. The Bertz CT molecular complexity index is 140. The van der Waals surface area contributed by atoms with Crippen LogP contribution in [0.1, 0.15) is 13.3 Å². The lowest BCUT2D eigenvalue weighted by Crippen LogP contribution is -2.22. The predicted octanol–water partition coefficient (Wildman–Crippen LogP) is 1.24. The SMILES string of the molecule is CC1(O)CC=C(CCl)O1. The highest BCUT2D eigenvalue weighted by molar-refractivity contribution is 6.19. The molecule has 3 heteroatoms. The van der Waals surface area contributed by atoms with Crippen LogP contribution in [0.2, 0.25) is 0 Å². The molecule has 1 rings (SSSR count). The largest absolute Gasteiger partial charge is 0.466 e. The minimum absolute atomic E-state index is 0.343. The van der Waals surface area contributed by atoms with Crippen molar-refractivity contribution >= 4 is 11.6 Å². The number of allylic oxidation sites excluding steroid dienone is 1. The number of alkyl halides is 1. The van der Waals surface area contributed by atoms with Crippen LogP contribution in [0, 0.1) is 0 Å². The van der Waals surface area contributed by atoms with Gasteiger partial charge in [-0.05, 0) is 6.08 Å². The van der Waals surface area contributed by atoms with Crippen molar-refractivity contribution in [3.63, 3.8) is 0 Å². The molecule has 1 unspecified atom stereocenters. The lowest BCUT2D eigenvalue weighted by Gasteiger charge is -2.16. The van der Waals surface area contributed by atoms with E-state index in [2.05, 4.69) is 0 Å². The number of ether oxygens (including phenoxy) is 1. The Morgan fingerprint density at radius 1 is 2.00 bits per heavy atom. The van der Waals surface area contributed by atoms with Crippen LogP contribution in [-0.4, -0.2) is 16.8 Å². The number of aliphatic hydroxyl groups is 1. The average molecular weight is 149 g/mol. The molecule has 1 heterocycles. The van der Waals surface area contributed by atoms with E-state index in [9.17, 15) is 0 Å². The minimum atomic E-state index is -1.01. The van der Waals surface area contributed by atoms with Crippen LogP contribution in [0.3, 0.4) is 0 Å². The lowest BCUT2D eigenvalue weighted by atomic mass is 10.2. The van der Waals surface area contributed by atoms with Crippen molar-refractivity contribution in [1.29, 1.82) is 0 Å². The van der Waals surface area contributed by atoms with Crippen LogP contribution >= 0.6 is 11.6 Å². The highest BCUT2D eigenvalue weighted by atomic mass is 35.5. The van der Waals surface area contributed by atoms with E-state index in [1.165, 1.54) is 0 Å². The summed E-state index contributed by atoms with van der Waals surface area (Å²) in [6.07, 6.45) is 2.34. The molecule has 1 aliphatic rings. The Balaban J connectivity index is 2.50. The zero-order chi connectivity index (χ0) is 6.91. The van der Waals surface area contributed by atoms with E-state index in [1.54, 1.807) is 13.0 Å². The van der Waals surface area contributed by atoms with Crippen LogP contribution in [0.4, 0.5) is 0 Å². The van der Waals surface area contributed by atoms with E-state index in [0.29, 0.717) is 18.1 Å². The Hall–Kier alpha value is -0.210. The van der Waals surface area contributed by atoms with Crippen molar-refractivity contribution in [3.8, 4) is 0 Å². The molecule has 9 heavy (non-hydrogen) atoms. The van der Waals surface area contributed by atoms with Crippen LogP contribution in [-0.2, 0) is 4.74 Å². The summed E-state index contributed by atoms with van der Waals surface area (Å²) in [5.74, 6) is 0.00191. The highest BCUT2D eigenvalue weighted by Gasteiger charge is 2.27. The van der Waals surface area contributed by atoms with Crippen molar-refractivity contribution in [2.24, 2.45) is 0 Å². The number of hydrogen-bond donors (Lipinski definition) is 1. The molecule has 0 bridgehead atoms. The van der Waals surface area contributed by atoms with Gasteiger partial charge in [0, 0.05) is 13.3 Å². The van der Waals surface area contributed by atoms with Crippen molar-refractivity contribution in [2.45, 2.75) is 19.1 Å². The van der Waals surface area contributed by atoms with Crippen molar-refractivity contribution in [2.75, 3.05) is 5.88 Å². The van der Waals surface area contributed by atoms with E-state index >= 15 is 0 Å². The fourth-order valence-corrected chi connectivity index (χ4v) is 0.914. The number of hydrogen-bond acceptors (Lipinski definition) is 2. The van der Waals surface area contributed by atoms with Crippen LogP contribution in [0.25, 0.3) is 0 Å². The average Bonchev–Trinajstić information content (AvgIpc) is 2.10. The van der Waals surface area contributed by atoms with Gasteiger partial charge in [0.05, 0.1) is 5.88 Å². The van der Waals surface area contributed by atoms with Gasteiger partial charge in [0.15, 0.2) is 0 Å². The molecular weight excluding hydrogens is 140 g/mol. The second kappa shape index (κ2) is 2.20. The Morgan fingerprint density at radius 3 is 2.89 bits per heavy atom. The zero-order valence-corrected chi connectivity index (χ0v) is 5.98. The number of rotatable bonds is 1. The third kappa shape index (κ3) is 1.60. The van der Waals surface area contributed by atoms with Gasteiger partial charge in [0.2, 0.25) is 5.79 Å². The molecule has 0 spiro atoms.